The first-order valence-electron chi connectivity index (χ1n) is 6.64. The number of nitrogens with one attached hydrogen (secondary N) is 1. The molecule has 0 saturated heterocycles. The predicted molar refractivity (Wildman–Crippen MR) is 85.9 cm³/mol. The van der Waals surface area contributed by atoms with Crippen LogP contribution in [0.4, 0.5) is 0 Å². The maximum Gasteiger partial charge on any atom is 0.329 e. The van der Waals surface area contributed by atoms with E-state index in [9.17, 15) is 9.59 Å². The van der Waals surface area contributed by atoms with E-state index in [1.807, 2.05) is 42.7 Å². The smallest absolute Gasteiger partial charge is 0.309 e. The van der Waals surface area contributed by atoms with E-state index in [-0.39, 0.29) is 0 Å². The highest BCUT2D eigenvalue weighted by molar-refractivity contribution is 7.99. The number of thioether (sulfide) groups is 1. The molecule has 2 rings (SSSR count). The number of allylic oxidation sites excluding steroid dienone is 3. The summed E-state index contributed by atoms with van der Waals surface area (Å²) in [6.07, 6.45) is 7.86. The quantitative estimate of drug-likeness (QED) is 0.673. The zero-order chi connectivity index (χ0) is 15.4. The third-order valence-electron chi connectivity index (χ3n) is 3.04. The number of rotatable bonds is 5. The van der Waals surface area contributed by atoms with Gasteiger partial charge in [0.15, 0.2) is 16.3 Å². The Bertz CT molecular complexity index is 811. The molecule has 0 aliphatic rings. The van der Waals surface area contributed by atoms with E-state index in [2.05, 4.69) is 9.97 Å². The Hall–Kier alpha value is -2.02. The van der Waals surface area contributed by atoms with Gasteiger partial charge in [0, 0.05) is 19.3 Å². The second kappa shape index (κ2) is 6.62. The van der Waals surface area contributed by atoms with Crippen molar-refractivity contribution in [2.24, 2.45) is 7.05 Å². The van der Waals surface area contributed by atoms with E-state index in [0.29, 0.717) is 17.7 Å². The number of imidazole rings is 1. The van der Waals surface area contributed by atoms with E-state index in [4.69, 9.17) is 0 Å². The maximum absolute atomic E-state index is 12.1. The molecule has 0 aliphatic heterocycles. The number of hydrogen-bond donors (Lipinski definition) is 1. The molecule has 6 nitrogen and oxygen atoms in total. The van der Waals surface area contributed by atoms with Crippen LogP contribution < -0.4 is 11.2 Å². The highest BCUT2D eigenvalue weighted by Gasteiger charge is 2.16. The van der Waals surface area contributed by atoms with Crippen LogP contribution in [0.15, 0.2) is 39.0 Å². The molecule has 2 heterocycles. The van der Waals surface area contributed by atoms with Crippen molar-refractivity contribution in [1.82, 2.24) is 19.1 Å². The van der Waals surface area contributed by atoms with Crippen LogP contribution in [0.5, 0.6) is 0 Å². The summed E-state index contributed by atoms with van der Waals surface area (Å²) in [4.78, 5) is 30.6. The van der Waals surface area contributed by atoms with E-state index in [1.165, 1.54) is 16.3 Å². The minimum atomic E-state index is -0.451. The fraction of sp³-hybridized carbons (Fsp3) is 0.357. The fourth-order valence-corrected chi connectivity index (χ4v) is 2.83. The summed E-state index contributed by atoms with van der Waals surface area (Å²) in [7, 11) is 1.61. The number of aryl methyl sites for hydroxylation is 1. The van der Waals surface area contributed by atoms with Crippen LogP contribution in [-0.4, -0.2) is 24.9 Å². The van der Waals surface area contributed by atoms with Crippen LogP contribution in [0.1, 0.15) is 13.8 Å². The van der Waals surface area contributed by atoms with Crippen molar-refractivity contribution in [1.29, 1.82) is 0 Å². The second-order valence-electron chi connectivity index (χ2n) is 4.44. The maximum atomic E-state index is 12.1. The van der Waals surface area contributed by atoms with E-state index in [0.717, 1.165) is 10.9 Å². The zero-order valence-corrected chi connectivity index (χ0v) is 13.1. The Balaban J connectivity index is 2.66. The fourth-order valence-electron chi connectivity index (χ4n) is 1.92. The summed E-state index contributed by atoms with van der Waals surface area (Å²) in [5, 5.41) is 0.730. The largest absolute Gasteiger partial charge is 0.329 e. The molecule has 0 aliphatic carbocycles. The highest BCUT2D eigenvalue weighted by Crippen LogP contribution is 2.21. The van der Waals surface area contributed by atoms with Gasteiger partial charge in [-0.25, -0.2) is 9.78 Å². The Labute approximate surface area is 126 Å². The van der Waals surface area contributed by atoms with Crippen molar-refractivity contribution in [2.45, 2.75) is 25.5 Å². The van der Waals surface area contributed by atoms with Crippen LogP contribution in [0.25, 0.3) is 11.2 Å². The lowest BCUT2D eigenvalue weighted by Crippen LogP contribution is -2.29. The van der Waals surface area contributed by atoms with Crippen LogP contribution >= 0.6 is 11.8 Å². The minimum absolute atomic E-state index is 0.400. The standard InChI is InChI=1S/C14H18N4O2S/c1-4-6-8-18-10-11(15-14(18)21-9-7-5-2)17(3)13(20)16-12(10)19/h4-7H,8-9H2,1-3H3,(H,16,19,20)/b6-4-,7-5+. The van der Waals surface area contributed by atoms with Gasteiger partial charge in [-0.3, -0.25) is 14.3 Å². The number of nitrogens with zero attached hydrogens (tertiary/aromatic N) is 3. The summed E-state index contributed by atoms with van der Waals surface area (Å²) in [6.45, 7) is 4.43. The summed E-state index contributed by atoms with van der Waals surface area (Å²) >= 11 is 1.53. The van der Waals surface area contributed by atoms with Gasteiger partial charge < -0.3 is 4.57 Å². The molecule has 112 valence electrons. The second-order valence-corrected chi connectivity index (χ2v) is 5.43. The topological polar surface area (TPSA) is 72.7 Å². The highest BCUT2D eigenvalue weighted by atomic mass is 32.2. The van der Waals surface area contributed by atoms with Crippen molar-refractivity contribution in [3.63, 3.8) is 0 Å². The first-order chi connectivity index (χ1) is 10.1. The zero-order valence-electron chi connectivity index (χ0n) is 12.3. The monoisotopic (exact) mass is 306 g/mol. The van der Waals surface area contributed by atoms with E-state index >= 15 is 0 Å². The molecule has 0 aromatic carbocycles. The van der Waals surface area contributed by atoms with Crippen LogP contribution in [0, 0.1) is 0 Å². The third kappa shape index (κ3) is 3.02. The summed E-state index contributed by atoms with van der Waals surface area (Å²) in [5.74, 6) is 0.765. The predicted octanol–water partition coefficient (Wildman–Crippen LogP) is 1.67. The SMILES string of the molecule is C/C=C\Cn1c(SC/C=C/C)nc2c1c(=O)[nH]c(=O)n2C. The molecule has 0 amide bonds. The molecule has 0 spiro atoms. The Morgan fingerprint density at radius 1 is 1.24 bits per heavy atom. The van der Waals surface area contributed by atoms with Gasteiger partial charge in [-0.1, -0.05) is 36.1 Å². The molecular formula is C14H18N4O2S. The van der Waals surface area contributed by atoms with Crippen molar-refractivity contribution in [2.75, 3.05) is 5.75 Å². The first kappa shape index (κ1) is 15.4. The van der Waals surface area contributed by atoms with Gasteiger partial charge in [0.2, 0.25) is 0 Å². The first-order valence-corrected chi connectivity index (χ1v) is 7.63. The molecule has 21 heavy (non-hydrogen) atoms. The average Bonchev–Trinajstić information content (AvgIpc) is 2.82. The molecular weight excluding hydrogens is 288 g/mol. The van der Waals surface area contributed by atoms with Gasteiger partial charge >= 0.3 is 5.69 Å². The van der Waals surface area contributed by atoms with Gasteiger partial charge in [0.1, 0.15) is 0 Å². The van der Waals surface area contributed by atoms with Gasteiger partial charge in [0.05, 0.1) is 0 Å². The van der Waals surface area contributed by atoms with E-state index < -0.39 is 11.2 Å². The Morgan fingerprint density at radius 2 is 1.95 bits per heavy atom. The van der Waals surface area contributed by atoms with Crippen molar-refractivity contribution in [3.05, 3.63) is 45.1 Å². The van der Waals surface area contributed by atoms with Crippen molar-refractivity contribution < 1.29 is 0 Å². The minimum Gasteiger partial charge on any atom is -0.309 e. The number of aromatic nitrogens is 4. The number of fused-ring (bicyclic) bond motifs is 1. The number of H-pyrrole nitrogens is 1. The van der Waals surface area contributed by atoms with Gasteiger partial charge in [0.25, 0.3) is 5.56 Å². The molecule has 2 aromatic rings. The molecule has 1 N–H and O–H groups in total. The Morgan fingerprint density at radius 3 is 2.62 bits per heavy atom. The Kier molecular flexibility index (Phi) is 4.85. The van der Waals surface area contributed by atoms with Crippen LogP contribution in [0.2, 0.25) is 0 Å². The summed E-state index contributed by atoms with van der Waals surface area (Å²) in [5.41, 5.74) is -0.00872. The number of aromatic amines is 1. The van der Waals surface area contributed by atoms with Crippen molar-refractivity contribution in [3.8, 4) is 0 Å². The van der Waals surface area contributed by atoms with Crippen molar-refractivity contribution >= 4 is 22.9 Å². The molecule has 0 bridgehead atoms. The molecule has 0 radical (unpaired) electrons. The third-order valence-corrected chi connectivity index (χ3v) is 3.97. The molecule has 7 heteroatoms. The average molecular weight is 306 g/mol. The van der Waals surface area contributed by atoms with Crippen LogP contribution in [0.3, 0.4) is 0 Å². The van der Waals surface area contributed by atoms with Gasteiger partial charge in [-0.05, 0) is 13.8 Å². The normalized spacial score (nSPS) is 12.1. The molecule has 0 saturated carbocycles. The summed E-state index contributed by atoms with van der Waals surface area (Å²) < 4.78 is 3.20. The molecule has 0 unspecified atom stereocenters. The molecule has 0 atom stereocenters. The lowest BCUT2D eigenvalue weighted by Gasteiger charge is -2.04. The lowest BCUT2D eigenvalue weighted by atomic mass is 10.4. The van der Waals surface area contributed by atoms with Crippen LogP contribution in [-0.2, 0) is 13.6 Å². The number of hydrogen-bond acceptors (Lipinski definition) is 4. The summed E-state index contributed by atoms with van der Waals surface area (Å²) in [6, 6.07) is 0. The lowest BCUT2D eigenvalue weighted by molar-refractivity contribution is 0.744. The van der Waals surface area contributed by atoms with Gasteiger partial charge in [-0.2, -0.15) is 0 Å². The van der Waals surface area contributed by atoms with Gasteiger partial charge in [-0.15, -0.1) is 0 Å². The molecule has 0 fully saturated rings. The van der Waals surface area contributed by atoms with E-state index in [1.54, 1.807) is 7.05 Å². The molecule has 2 aromatic heterocycles.